The Labute approximate surface area is 268 Å². The highest BCUT2D eigenvalue weighted by atomic mass is 19.4. The van der Waals surface area contributed by atoms with E-state index < -0.39 is 41.9 Å². The topological polar surface area (TPSA) is 142 Å². The van der Waals surface area contributed by atoms with Gasteiger partial charge in [-0.05, 0) is 55.5 Å². The number of nitrogens with one attached hydrogen (secondary N) is 3. The van der Waals surface area contributed by atoms with Crippen LogP contribution in [0.25, 0.3) is 0 Å². The summed E-state index contributed by atoms with van der Waals surface area (Å²) >= 11 is 0. The number of aliphatic hydroxyl groups excluding tert-OH is 1. The number of fused-ring (bicyclic) bond motifs is 2. The molecule has 2 heterocycles. The fraction of sp³-hybridized carbons (Fsp3) is 0.344. The highest BCUT2D eigenvalue weighted by molar-refractivity contribution is 6.04. The molecule has 15 heteroatoms. The van der Waals surface area contributed by atoms with Gasteiger partial charge in [-0.2, -0.15) is 13.2 Å². The number of aliphatic hydroxyl groups is 1. The van der Waals surface area contributed by atoms with Crippen molar-refractivity contribution in [3.8, 4) is 17.2 Å². The molecular weight excluding hydrogens is 623 g/mol. The van der Waals surface area contributed by atoms with Crippen LogP contribution < -0.4 is 30.2 Å². The van der Waals surface area contributed by atoms with Crippen molar-refractivity contribution in [3.63, 3.8) is 0 Å². The zero-order valence-electron chi connectivity index (χ0n) is 25.8. The third kappa shape index (κ3) is 7.62. The molecule has 47 heavy (non-hydrogen) atoms. The number of amides is 5. The molecule has 3 atom stereocenters. The lowest BCUT2D eigenvalue weighted by atomic mass is 9.99. The third-order valence-corrected chi connectivity index (χ3v) is 7.83. The number of urea groups is 2. The highest BCUT2D eigenvalue weighted by Crippen LogP contribution is 2.37. The van der Waals surface area contributed by atoms with E-state index in [9.17, 15) is 32.7 Å². The van der Waals surface area contributed by atoms with E-state index in [-0.39, 0.29) is 55.1 Å². The molecule has 3 aromatic carbocycles. The summed E-state index contributed by atoms with van der Waals surface area (Å²) in [5.41, 5.74) is 0.0732. The predicted octanol–water partition coefficient (Wildman–Crippen LogP) is 5.46. The summed E-state index contributed by atoms with van der Waals surface area (Å²) in [6.07, 6.45) is -5.23. The summed E-state index contributed by atoms with van der Waals surface area (Å²) < 4.78 is 55.9. The first-order valence-corrected chi connectivity index (χ1v) is 14.7. The molecule has 0 aromatic heterocycles. The summed E-state index contributed by atoms with van der Waals surface area (Å²) in [6, 6.07) is 11.9. The van der Waals surface area contributed by atoms with Gasteiger partial charge in [0.05, 0.1) is 36.0 Å². The minimum Gasteiger partial charge on any atom is -0.485 e. The maximum atomic E-state index is 13.7. The molecular formula is C32H34F3N5O7. The Bertz CT molecular complexity index is 1640. The summed E-state index contributed by atoms with van der Waals surface area (Å²) in [5, 5.41) is 17.9. The second-order valence-electron chi connectivity index (χ2n) is 11.3. The smallest absolute Gasteiger partial charge is 0.416 e. The highest BCUT2D eigenvalue weighted by Gasteiger charge is 2.35. The van der Waals surface area contributed by atoms with Gasteiger partial charge in [0.25, 0.3) is 5.91 Å². The standard InChI is InChI=1S/C32H34F3N5O7/c1-18-14-40(19(2)16-41)29(42)23-5-4-6-24(38-30(43)36-22-11-12-25-26(13-22)46-17-45-25)28(23)47-27(18)15-39(3)31(44)37-21-9-7-20(8-10-21)32(33,34)35/h4-13,18-19,27,41H,14-17H2,1-3H3,(H,37,44)(H2,36,38,43)/t18-,19+,27-/m0/s1. The number of ether oxygens (including phenoxy) is 3. The predicted molar refractivity (Wildman–Crippen MR) is 166 cm³/mol. The molecule has 4 N–H and O–H groups in total. The molecule has 0 aliphatic carbocycles. The average molecular weight is 658 g/mol. The van der Waals surface area contributed by atoms with Crippen LogP contribution in [0.4, 0.5) is 39.8 Å². The first-order valence-electron chi connectivity index (χ1n) is 14.7. The Hall–Kier alpha value is -5.18. The van der Waals surface area contributed by atoms with E-state index in [4.69, 9.17) is 14.2 Å². The Balaban J connectivity index is 1.37. The Kier molecular flexibility index (Phi) is 9.65. The number of hydrogen-bond acceptors (Lipinski definition) is 7. The number of carbonyl (C=O) groups excluding carboxylic acids is 3. The van der Waals surface area contributed by atoms with Crippen molar-refractivity contribution in [2.24, 2.45) is 5.92 Å². The van der Waals surface area contributed by atoms with Gasteiger partial charge >= 0.3 is 18.2 Å². The van der Waals surface area contributed by atoms with E-state index in [2.05, 4.69) is 16.0 Å². The van der Waals surface area contributed by atoms with Crippen molar-refractivity contribution in [3.05, 3.63) is 71.8 Å². The quantitative estimate of drug-likeness (QED) is 0.264. The molecule has 0 saturated carbocycles. The van der Waals surface area contributed by atoms with Crippen LogP contribution in [0.5, 0.6) is 17.2 Å². The first-order chi connectivity index (χ1) is 22.3. The van der Waals surface area contributed by atoms with Crippen LogP contribution in [0.1, 0.15) is 29.8 Å². The number of likely N-dealkylation sites (N-methyl/N-ethyl adjacent to an activating group) is 1. The van der Waals surface area contributed by atoms with Gasteiger partial charge in [-0.3, -0.25) is 4.79 Å². The summed E-state index contributed by atoms with van der Waals surface area (Å²) in [5.74, 6) is 0.301. The van der Waals surface area contributed by atoms with Crippen LogP contribution in [0.15, 0.2) is 60.7 Å². The zero-order chi connectivity index (χ0) is 33.9. The van der Waals surface area contributed by atoms with E-state index in [0.29, 0.717) is 17.2 Å². The summed E-state index contributed by atoms with van der Waals surface area (Å²) in [6.45, 7) is 3.48. The zero-order valence-corrected chi connectivity index (χ0v) is 25.8. The van der Waals surface area contributed by atoms with Gasteiger partial charge in [-0.15, -0.1) is 0 Å². The minimum atomic E-state index is -4.51. The molecule has 250 valence electrons. The maximum Gasteiger partial charge on any atom is 0.416 e. The van der Waals surface area contributed by atoms with E-state index in [0.717, 1.165) is 24.3 Å². The number of alkyl halides is 3. The number of rotatable bonds is 7. The Morgan fingerprint density at radius 1 is 1.02 bits per heavy atom. The lowest BCUT2D eigenvalue weighted by molar-refractivity contribution is -0.137. The second kappa shape index (κ2) is 13.7. The third-order valence-electron chi connectivity index (χ3n) is 7.83. The molecule has 0 bridgehead atoms. The van der Waals surface area contributed by atoms with Gasteiger partial charge in [0.1, 0.15) is 6.10 Å². The van der Waals surface area contributed by atoms with Crippen molar-refractivity contribution < 1.29 is 46.9 Å². The van der Waals surface area contributed by atoms with Gasteiger partial charge in [0.15, 0.2) is 17.2 Å². The molecule has 0 saturated heterocycles. The second-order valence-corrected chi connectivity index (χ2v) is 11.3. The van der Waals surface area contributed by atoms with E-state index in [1.807, 2.05) is 6.92 Å². The lowest BCUT2D eigenvalue weighted by Crippen LogP contribution is -2.50. The average Bonchev–Trinajstić information content (AvgIpc) is 3.50. The normalized spacial score (nSPS) is 17.9. The number of para-hydroxylation sites is 1. The van der Waals surface area contributed by atoms with E-state index >= 15 is 0 Å². The van der Waals surface area contributed by atoms with Crippen molar-refractivity contribution in [1.82, 2.24) is 9.80 Å². The van der Waals surface area contributed by atoms with Crippen LogP contribution in [0.2, 0.25) is 0 Å². The van der Waals surface area contributed by atoms with Gasteiger partial charge in [-0.1, -0.05) is 13.0 Å². The molecule has 0 radical (unpaired) electrons. The van der Waals surface area contributed by atoms with Gasteiger partial charge < -0.3 is 45.1 Å². The molecule has 5 rings (SSSR count). The monoisotopic (exact) mass is 657 g/mol. The van der Waals surface area contributed by atoms with Gasteiger partial charge in [-0.25, -0.2) is 9.59 Å². The molecule has 0 unspecified atom stereocenters. The van der Waals surface area contributed by atoms with Crippen LogP contribution in [0.3, 0.4) is 0 Å². The molecule has 5 amide bonds. The van der Waals surface area contributed by atoms with Crippen molar-refractivity contribution in [2.45, 2.75) is 32.2 Å². The number of carbonyl (C=O) groups is 3. The molecule has 2 aliphatic heterocycles. The van der Waals surface area contributed by atoms with E-state index in [1.165, 1.54) is 16.8 Å². The molecule has 3 aromatic rings. The summed E-state index contributed by atoms with van der Waals surface area (Å²) in [7, 11) is 1.50. The summed E-state index contributed by atoms with van der Waals surface area (Å²) in [4.78, 5) is 42.7. The van der Waals surface area contributed by atoms with Gasteiger partial charge in [0, 0.05) is 37.0 Å². The van der Waals surface area contributed by atoms with Crippen molar-refractivity contribution in [2.75, 3.05) is 49.5 Å². The molecule has 2 aliphatic rings. The SMILES string of the molecule is C[C@H](CO)N1C[C@H](C)[C@H](CN(C)C(=O)Nc2ccc(C(F)(F)F)cc2)Oc2c(NC(=O)Nc3ccc4c(c3)OCO4)cccc2C1=O. The van der Waals surface area contributed by atoms with Crippen LogP contribution in [0, 0.1) is 5.92 Å². The Morgan fingerprint density at radius 2 is 1.72 bits per heavy atom. The van der Waals surface area contributed by atoms with Crippen LogP contribution in [-0.2, 0) is 6.18 Å². The number of anilines is 3. The fourth-order valence-electron chi connectivity index (χ4n) is 5.13. The lowest BCUT2D eigenvalue weighted by Gasteiger charge is -2.38. The molecule has 12 nitrogen and oxygen atoms in total. The van der Waals surface area contributed by atoms with Crippen LogP contribution in [-0.4, -0.2) is 78.6 Å². The van der Waals surface area contributed by atoms with Gasteiger partial charge in [0.2, 0.25) is 6.79 Å². The number of hydrogen-bond donors (Lipinski definition) is 4. The number of benzene rings is 3. The molecule has 0 fully saturated rings. The Morgan fingerprint density at radius 3 is 2.43 bits per heavy atom. The minimum absolute atomic E-state index is 0.000336. The van der Waals surface area contributed by atoms with Crippen molar-refractivity contribution in [1.29, 1.82) is 0 Å². The molecule has 0 spiro atoms. The van der Waals surface area contributed by atoms with Crippen LogP contribution >= 0.6 is 0 Å². The van der Waals surface area contributed by atoms with E-state index in [1.54, 1.807) is 43.3 Å². The first kappa shape index (κ1) is 33.2. The largest absolute Gasteiger partial charge is 0.485 e. The number of halogens is 3. The fourth-order valence-corrected chi connectivity index (χ4v) is 5.13. The maximum absolute atomic E-state index is 13.7. The van der Waals surface area contributed by atoms with Crippen molar-refractivity contribution >= 4 is 35.0 Å². The number of nitrogens with zero attached hydrogens (tertiary/aromatic N) is 2.